The number of likely N-dealkylation sites (N-methyl/N-ethyl adjacent to an activating group) is 1. The molecule has 1 amide bonds. The first-order valence-electron chi connectivity index (χ1n) is 8.25. The Kier molecular flexibility index (Phi) is 4.23. The Bertz CT molecular complexity index is 588. The van der Waals surface area contributed by atoms with Crippen LogP contribution in [0.25, 0.3) is 0 Å². The van der Waals surface area contributed by atoms with Gasteiger partial charge >= 0.3 is 6.09 Å². The minimum Gasteiger partial charge on any atom is -0.488 e. The van der Waals surface area contributed by atoms with Crippen molar-refractivity contribution in [3.63, 3.8) is 0 Å². The number of benzene rings is 1. The van der Waals surface area contributed by atoms with Gasteiger partial charge < -0.3 is 14.4 Å². The van der Waals surface area contributed by atoms with Gasteiger partial charge in [-0.1, -0.05) is 6.07 Å². The van der Waals surface area contributed by atoms with E-state index in [2.05, 4.69) is 24.1 Å². The van der Waals surface area contributed by atoms with Crippen LogP contribution in [0.5, 0.6) is 5.75 Å². The second-order valence-electron chi connectivity index (χ2n) is 7.54. The number of carbonyl (C=O) groups excluding carboxylic acids is 1. The first kappa shape index (κ1) is 16.1. The fraction of sp³-hybridized carbons (Fsp3) is 0.611. The van der Waals surface area contributed by atoms with Crippen LogP contribution in [0.4, 0.5) is 4.79 Å². The minimum atomic E-state index is -0.460. The van der Waals surface area contributed by atoms with E-state index in [1.165, 1.54) is 5.56 Å². The van der Waals surface area contributed by atoms with E-state index in [-0.39, 0.29) is 12.2 Å². The summed E-state index contributed by atoms with van der Waals surface area (Å²) < 4.78 is 11.5. The molecule has 5 nitrogen and oxygen atoms in total. The van der Waals surface area contributed by atoms with Gasteiger partial charge in [0.25, 0.3) is 0 Å². The van der Waals surface area contributed by atoms with Crippen molar-refractivity contribution in [1.82, 2.24) is 9.80 Å². The topological polar surface area (TPSA) is 42.0 Å². The zero-order valence-corrected chi connectivity index (χ0v) is 14.5. The number of likely N-dealkylation sites (tertiary alicyclic amines) is 1. The number of carbonyl (C=O) groups is 1. The zero-order valence-electron chi connectivity index (χ0n) is 14.5. The molecule has 0 aliphatic carbocycles. The molecule has 3 rings (SSSR count). The van der Waals surface area contributed by atoms with Gasteiger partial charge in [0, 0.05) is 26.2 Å². The summed E-state index contributed by atoms with van der Waals surface area (Å²) in [4.78, 5) is 16.2. The summed E-state index contributed by atoms with van der Waals surface area (Å²) in [7, 11) is 2.09. The SMILES string of the molecule is CN1CC(Oc2ccc3c(c2)CN(C(=O)OC(C)(C)C)CC3)C1. The molecule has 5 heteroatoms. The standard InChI is InChI=1S/C18H26N2O3/c1-18(2,3)23-17(21)20-8-7-13-5-6-15(9-14(13)10-20)22-16-11-19(4)12-16/h5-6,9,16H,7-8,10-12H2,1-4H3. The highest BCUT2D eigenvalue weighted by molar-refractivity contribution is 5.68. The molecular formula is C18H26N2O3. The molecule has 0 unspecified atom stereocenters. The van der Waals surface area contributed by atoms with Gasteiger partial charge in [-0.3, -0.25) is 4.90 Å². The van der Waals surface area contributed by atoms with Gasteiger partial charge in [-0.2, -0.15) is 0 Å². The molecule has 0 radical (unpaired) electrons. The number of hydrogen-bond acceptors (Lipinski definition) is 4. The van der Waals surface area contributed by atoms with Crippen LogP contribution in [0.3, 0.4) is 0 Å². The molecule has 0 N–H and O–H groups in total. The molecule has 1 saturated heterocycles. The molecule has 0 aromatic heterocycles. The Morgan fingerprint density at radius 1 is 1.22 bits per heavy atom. The second-order valence-corrected chi connectivity index (χ2v) is 7.54. The van der Waals surface area contributed by atoms with Crippen LogP contribution in [0, 0.1) is 0 Å². The van der Waals surface area contributed by atoms with Crippen molar-refractivity contribution in [1.29, 1.82) is 0 Å². The molecule has 0 atom stereocenters. The summed E-state index contributed by atoms with van der Waals surface area (Å²) in [6.45, 7) is 8.92. The Hall–Kier alpha value is -1.75. The average molecular weight is 318 g/mol. The molecule has 1 aromatic carbocycles. The van der Waals surface area contributed by atoms with Crippen LogP contribution >= 0.6 is 0 Å². The van der Waals surface area contributed by atoms with Gasteiger partial charge in [0.2, 0.25) is 0 Å². The summed E-state index contributed by atoms with van der Waals surface area (Å²) in [5.41, 5.74) is 1.99. The molecule has 1 aromatic rings. The summed E-state index contributed by atoms with van der Waals surface area (Å²) in [6, 6.07) is 6.24. The van der Waals surface area contributed by atoms with Crippen molar-refractivity contribution in [2.75, 3.05) is 26.7 Å². The van der Waals surface area contributed by atoms with Crippen LogP contribution in [-0.2, 0) is 17.7 Å². The van der Waals surface area contributed by atoms with E-state index in [0.717, 1.165) is 30.8 Å². The maximum Gasteiger partial charge on any atom is 0.410 e. The van der Waals surface area contributed by atoms with E-state index in [1.54, 1.807) is 4.90 Å². The number of rotatable bonds is 2. The molecule has 0 spiro atoms. The number of amides is 1. The van der Waals surface area contributed by atoms with Crippen molar-refractivity contribution < 1.29 is 14.3 Å². The molecular weight excluding hydrogens is 292 g/mol. The van der Waals surface area contributed by atoms with Crippen molar-refractivity contribution in [3.8, 4) is 5.75 Å². The van der Waals surface area contributed by atoms with Crippen molar-refractivity contribution >= 4 is 6.09 Å². The number of fused-ring (bicyclic) bond motifs is 1. The van der Waals surface area contributed by atoms with E-state index >= 15 is 0 Å². The van der Waals surface area contributed by atoms with Crippen LogP contribution in [0.15, 0.2) is 18.2 Å². The highest BCUT2D eigenvalue weighted by atomic mass is 16.6. The van der Waals surface area contributed by atoms with Crippen LogP contribution in [-0.4, -0.2) is 54.3 Å². The van der Waals surface area contributed by atoms with Crippen molar-refractivity contribution in [3.05, 3.63) is 29.3 Å². The Balaban J connectivity index is 1.65. The van der Waals surface area contributed by atoms with E-state index in [1.807, 2.05) is 26.8 Å². The first-order valence-corrected chi connectivity index (χ1v) is 8.25. The average Bonchev–Trinajstić information content (AvgIpc) is 2.43. The largest absolute Gasteiger partial charge is 0.488 e. The van der Waals surface area contributed by atoms with Gasteiger partial charge in [-0.25, -0.2) is 4.79 Å². The normalized spacial score (nSPS) is 19.0. The summed E-state index contributed by atoms with van der Waals surface area (Å²) in [5, 5.41) is 0. The molecule has 1 fully saturated rings. The predicted octanol–water partition coefficient (Wildman–Crippen LogP) is 2.67. The van der Waals surface area contributed by atoms with Crippen molar-refractivity contribution in [2.24, 2.45) is 0 Å². The van der Waals surface area contributed by atoms with Crippen LogP contribution in [0.1, 0.15) is 31.9 Å². The third-order valence-electron chi connectivity index (χ3n) is 4.18. The summed E-state index contributed by atoms with van der Waals surface area (Å²) in [5.74, 6) is 0.896. The van der Waals surface area contributed by atoms with E-state index < -0.39 is 5.60 Å². The molecule has 23 heavy (non-hydrogen) atoms. The zero-order chi connectivity index (χ0) is 16.6. The number of hydrogen-bond donors (Lipinski definition) is 0. The molecule has 126 valence electrons. The number of nitrogens with zero attached hydrogens (tertiary/aromatic N) is 2. The fourth-order valence-electron chi connectivity index (χ4n) is 3.00. The quantitative estimate of drug-likeness (QED) is 0.841. The van der Waals surface area contributed by atoms with E-state index in [0.29, 0.717) is 13.1 Å². The third kappa shape index (κ3) is 3.96. The lowest BCUT2D eigenvalue weighted by atomic mass is 9.99. The van der Waals surface area contributed by atoms with E-state index in [4.69, 9.17) is 9.47 Å². The second kappa shape index (κ2) is 6.04. The summed E-state index contributed by atoms with van der Waals surface area (Å²) >= 11 is 0. The minimum absolute atomic E-state index is 0.241. The van der Waals surface area contributed by atoms with Crippen LogP contribution in [0.2, 0.25) is 0 Å². The summed E-state index contributed by atoms with van der Waals surface area (Å²) in [6.07, 6.45) is 0.903. The highest BCUT2D eigenvalue weighted by Gasteiger charge is 2.27. The van der Waals surface area contributed by atoms with Gasteiger partial charge in [0.05, 0.1) is 0 Å². The lowest BCUT2D eigenvalue weighted by Gasteiger charge is -2.36. The van der Waals surface area contributed by atoms with Gasteiger partial charge in [-0.15, -0.1) is 0 Å². The Morgan fingerprint density at radius 2 is 1.96 bits per heavy atom. The Labute approximate surface area is 138 Å². The molecule has 0 bridgehead atoms. The lowest BCUT2D eigenvalue weighted by Crippen LogP contribution is -2.51. The molecule has 2 aliphatic rings. The number of ether oxygens (including phenoxy) is 2. The third-order valence-corrected chi connectivity index (χ3v) is 4.18. The van der Waals surface area contributed by atoms with Gasteiger partial charge in [-0.05, 0) is 57.5 Å². The molecule has 2 heterocycles. The highest BCUT2D eigenvalue weighted by Crippen LogP contribution is 2.26. The lowest BCUT2D eigenvalue weighted by molar-refractivity contribution is 0.0221. The van der Waals surface area contributed by atoms with Gasteiger partial charge in [0.1, 0.15) is 17.5 Å². The monoisotopic (exact) mass is 318 g/mol. The Morgan fingerprint density at radius 3 is 2.61 bits per heavy atom. The predicted molar refractivity (Wildman–Crippen MR) is 88.7 cm³/mol. The van der Waals surface area contributed by atoms with Crippen LogP contribution < -0.4 is 4.74 Å². The smallest absolute Gasteiger partial charge is 0.410 e. The van der Waals surface area contributed by atoms with E-state index in [9.17, 15) is 4.79 Å². The van der Waals surface area contributed by atoms with Crippen molar-refractivity contribution in [2.45, 2.75) is 45.4 Å². The first-order chi connectivity index (χ1) is 10.8. The molecule has 0 saturated carbocycles. The maximum atomic E-state index is 12.2. The maximum absolute atomic E-state index is 12.2. The van der Waals surface area contributed by atoms with Gasteiger partial charge in [0.15, 0.2) is 0 Å². The fourth-order valence-corrected chi connectivity index (χ4v) is 3.00. The molecule has 2 aliphatic heterocycles.